The van der Waals surface area contributed by atoms with E-state index in [4.69, 9.17) is 0 Å². The summed E-state index contributed by atoms with van der Waals surface area (Å²) in [6.45, 7) is 0.804. The van der Waals surface area contributed by atoms with Crippen LogP contribution in [0.4, 0.5) is 10.1 Å². The Morgan fingerprint density at radius 3 is 3.00 bits per heavy atom. The molecule has 1 N–H and O–H groups in total. The van der Waals surface area contributed by atoms with Crippen molar-refractivity contribution >= 4 is 33.6 Å². The van der Waals surface area contributed by atoms with E-state index >= 15 is 0 Å². The van der Waals surface area contributed by atoms with E-state index in [1.807, 2.05) is 6.07 Å². The van der Waals surface area contributed by atoms with Gasteiger partial charge in [0.05, 0.1) is 17.3 Å². The second kappa shape index (κ2) is 3.64. The van der Waals surface area contributed by atoms with Gasteiger partial charge in [0.1, 0.15) is 5.82 Å². The molecule has 0 aromatic heterocycles. The summed E-state index contributed by atoms with van der Waals surface area (Å²) in [4.78, 5) is 2.97. The molecule has 1 fully saturated rings. The van der Waals surface area contributed by atoms with Gasteiger partial charge in [0.2, 0.25) is 0 Å². The van der Waals surface area contributed by atoms with Gasteiger partial charge in [-0.25, -0.2) is 9.11 Å². The summed E-state index contributed by atoms with van der Waals surface area (Å²) in [5.41, 5.74) is 1.02. The van der Waals surface area contributed by atoms with Gasteiger partial charge in [-0.1, -0.05) is 15.9 Å². The molecule has 0 amide bonds. The minimum atomic E-state index is -0.151. The maximum Gasteiger partial charge on any atom is 0.141 e. The van der Waals surface area contributed by atoms with Gasteiger partial charge in [-0.15, -0.1) is 0 Å². The number of halogens is 2. The number of hydrogen-bond donors (Lipinski definition) is 1. The van der Waals surface area contributed by atoms with Gasteiger partial charge in [0.25, 0.3) is 0 Å². The van der Waals surface area contributed by atoms with Crippen molar-refractivity contribution in [1.29, 1.82) is 0 Å². The molecule has 0 spiro atoms. The summed E-state index contributed by atoms with van der Waals surface area (Å²) in [5.74, 6) is -0.151. The summed E-state index contributed by atoms with van der Waals surface area (Å²) < 4.78 is 17.6. The van der Waals surface area contributed by atoms with E-state index in [-0.39, 0.29) is 5.82 Å². The molecule has 0 radical (unpaired) electrons. The van der Waals surface area contributed by atoms with Gasteiger partial charge in [-0.2, -0.15) is 0 Å². The number of benzene rings is 1. The van der Waals surface area contributed by atoms with E-state index in [1.165, 1.54) is 30.9 Å². The Bertz CT molecular complexity index is 409. The third-order valence-electron chi connectivity index (χ3n) is 2.69. The molecule has 1 aromatic rings. The maximum atomic E-state index is 13.7. The number of rotatable bonds is 1. The van der Waals surface area contributed by atoms with Gasteiger partial charge in [0.15, 0.2) is 0 Å². The van der Waals surface area contributed by atoms with Crippen LogP contribution in [0.1, 0.15) is 12.8 Å². The Morgan fingerprint density at radius 2 is 2.27 bits per heavy atom. The van der Waals surface area contributed by atoms with Crippen molar-refractivity contribution in [3.63, 3.8) is 0 Å². The minimum absolute atomic E-state index is 0.151. The molecule has 2 nitrogen and oxygen atoms in total. The van der Waals surface area contributed by atoms with Crippen molar-refractivity contribution in [3.8, 4) is 0 Å². The first-order valence-corrected chi connectivity index (χ1v) is 6.52. The Labute approximate surface area is 100 Å². The van der Waals surface area contributed by atoms with E-state index in [0.29, 0.717) is 6.04 Å². The van der Waals surface area contributed by atoms with Crippen LogP contribution in [0.3, 0.4) is 0 Å². The molecule has 0 unspecified atom stereocenters. The molecular formula is C10H10BrFN2S. The van der Waals surface area contributed by atoms with Crippen molar-refractivity contribution in [2.75, 3.05) is 11.6 Å². The number of nitrogens with one attached hydrogen (secondary N) is 1. The highest BCUT2D eigenvalue weighted by Crippen LogP contribution is 2.41. The van der Waals surface area contributed by atoms with E-state index in [0.717, 1.165) is 21.7 Å². The number of fused-ring (bicyclic) bond motifs is 1. The SMILES string of the molecule is Fc1cc(Br)cc2c1SNCN2C1CC1. The predicted octanol–water partition coefficient (Wildman–Crippen LogP) is 3.12. The first-order chi connectivity index (χ1) is 7.25. The van der Waals surface area contributed by atoms with Crippen LogP contribution in [0.5, 0.6) is 0 Å². The molecule has 1 aliphatic heterocycles. The summed E-state index contributed by atoms with van der Waals surface area (Å²) in [7, 11) is 0. The van der Waals surface area contributed by atoms with Crippen molar-refractivity contribution in [1.82, 2.24) is 4.72 Å². The molecule has 0 saturated heterocycles. The molecular weight excluding hydrogens is 279 g/mol. The number of hydrogen-bond acceptors (Lipinski definition) is 3. The van der Waals surface area contributed by atoms with Crippen LogP contribution in [0.2, 0.25) is 0 Å². The predicted molar refractivity (Wildman–Crippen MR) is 63.5 cm³/mol. The monoisotopic (exact) mass is 288 g/mol. The fourth-order valence-corrected chi connectivity index (χ4v) is 3.04. The molecule has 80 valence electrons. The highest BCUT2D eigenvalue weighted by Gasteiger charge is 2.33. The van der Waals surface area contributed by atoms with Crippen molar-refractivity contribution in [2.24, 2.45) is 0 Å². The minimum Gasteiger partial charge on any atom is -0.354 e. The van der Waals surface area contributed by atoms with Crippen LogP contribution in [-0.4, -0.2) is 12.7 Å². The van der Waals surface area contributed by atoms with E-state index in [1.54, 1.807) is 0 Å². The van der Waals surface area contributed by atoms with E-state index in [9.17, 15) is 4.39 Å². The van der Waals surface area contributed by atoms with Gasteiger partial charge in [0, 0.05) is 10.5 Å². The van der Waals surface area contributed by atoms with Gasteiger partial charge in [-0.3, -0.25) is 0 Å². The average Bonchev–Trinajstić information content (AvgIpc) is 3.00. The van der Waals surface area contributed by atoms with Crippen LogP contribution in [-0.2, 0) is 0 Å². The first-order valence-electron chi connectivity index (χ1n) is 4.91. The highest BCUT2D eigenvalue weighted by molar-refractivity contribution is 9.10. The summed E-state index contributed by atoms with van der Waals surface area (Å²) >= 11 is 4.73. The van der Waals surface area contributed by atoms with Crippen LogP contribution in [0.25, 0.3) is 0 Å². The molecule has 5 heteroatoms. The zero-order valence-electron chi connectivity index (χ0n) is 7.96. The average molecular weight is 289 g/mol. The topological polar surface area (TPSA) is 15.3 Å². The van der Waals surface area contributed by atoms with Crippen LogP contribution in [0.15, 0.2) is 21.5 Å². The van der Waals surface area contributed by atoms with Gasteiger partial charge < -0.3 is 4.90 Å². The smallest absolute Gasteiger partial charge is 0.141 e. The third-order valence-corrected chi connectivity index (χ3v) is 4.03. The number of nitrogens with zero attached hydrogens (tertiary/aromatic N) is 1. The Morgan fingerprint density at radius 1 is 1.47 bits per heavy atom. The molecule has 1 saturated carbocycles. The van der Waals surface area contributed by atoms with Crippen molar-refractivity contribution in [3.05, 3.63) is 22.4 Å². The Balaban J connectivity index is 2.08. The molecule has 3 rings (SSSR count). The largest absolute Gasteiger partial charge is 0.354 e. The zero-order chi connectivity index (χ0) is 10.4. The summed E-state index contributed by atoms with van der Waals surface area (Å²) in [6, 6.07) is 4.12. The summed E-state index contributed by atoms with van der Waals surface area (Å²) in [6.07, 6.45) is 2.44. The lowest BCUT2D eigenvalue weighted by atomic mass is 10.2. The number of anilines is 1. The molecule has 0 bridgehead atoms. The maximum absolute atomic E-state index is 13.7. The highest BCUT2D eigenvalue weighted by atomic mass is 79.9. The Hall–Kier alpha value is -0.260. The Kier molecular flexibility index (Phi) is 2.41. The first kappa shape index (κ1) is 9.93. The normalized spacial score (nSPS) is 20.3. The third kappa shape index (κ3) is 1.77. The van der Waals surface area contributed by atoms with Crippen LogP contribution < -0.4 is 9.62 Å². The fraction of sp³-hybridized carbons (Fsp3) is 0.400. The van der Waals surface area contributed by atoms with Gasteiger partial charge >= 0.3 is 0 Å². The molecule has 1 aromatic carbocycles. The summed E-state index contributed by atoms with van der Waals surface area (Å²) in [5, 5.41) is 0. The van der Waals surface area contributed by atoms with Crippen LogP contribution >= 0.6 is 27.9 Å². The lowest BCUT2D eigenvalue weighted by molar-refractivity contribution is 0.593. The standard InChI is InChI=1S/C10H10BrFN2S/c11-6-3-8(12)10-9(4-6)14(5-13-15-10)7-1-2-7/h3-4,7,13H,1-2,5H2. The second-order valence-corrected chi connectivity index (χ2v) is 5.66. The molecule has 1 heterocycles. The zero-order valence-corrected chi connectivity index (χ0v) is 10.4. The van der Waals surface area contributed by atoms with Crippen molar-refractivity contribution in [2.45, 2.75) is 23.8 Å². The lowest BCUT2D eigenvalue weighted by Crippen LogP contribution is -2.36. The lowest BCUT2D eigenvalue weighted by Gasteiger charge is -2.31. The molecule has 0 atom stereocenters. The molecule has 15 heavy (non-hydrogen) atoms. The molecule has 2 aliphatic rings. The van der Waals surface area contributed by atoms with Crippen LogP contribution in [0, 0.1) is 5.82 Å². The van der Waals surface area contributed by atoms with Gasteiger partial charge in [-0.05, 0) is 36.9 Å². The quantitative estimate of drug-likeness (QED) is 0.800. The second-order valence-electron chi connectivity index (χ2n) is 3.84. The van der Waals surface area contributed by atoms with E-state index in [2.05, 4.69) is 25.6 Å². The fourth-order valence-electron chi connectivity index (χ4n) is 1.83. The molecule has 1 aliphatic carbocycles. The van der Waals surface area contributed by atoms with E-state index < -0.39 is 0 Å². The van der Waals surface area contributed by atoms with Crippen molar-refractivity contribution < 1.29 is 4.39 Å².